The lowest BCUT2D eigenvalue weighted by Gasteiger charge is -2.06. The fraction of sp³-hybridized carbons (Fsp3) is 0.438. The van der Waals surface area contributed by atoms with Crippen molar-refractivity contribution in [3.63, 3.8) is 0 Å². The minimum atomic E-state index is -0.981. The number of carboxylic acid groups (broad SMARTS) is 1. The van der Waals surface area contributed by atoms with E-state index in [2.05, 4.69) is 5.32 Å². The van der Waals surface area contributed by atoms with Gasteiger partial charge < -0.3 is 10.4 Å². The Bertz CT molecular complexity index is 664. The van der Waals surface area contributed by atoms with Gasteiger partial charge in [-0.3, -0.25) is 0 Å². The maximum atomic E-state index is 14.0. The lowest BCUT2D eigenvalue weighted by atomic mass is 10.1. The number of rotatable bonds is 7. The number of hydrogen-bond acceptors (Lipinski definition) is 3. The molecule has 1 heterocycles. The summed E-state index contributed by atoms with van der Waals surface area (Å²) in [5.74, 6) is -0.419. The quantitative estimate of drug-likeness (QED) is 0.760. The molecule has 1 aliphatic carbocycles. The minimum absolute atomic E-state index is 0.241. The van der Waals surface area contributed by atoms with E-state index in [-0.39, 0.29) is 10.7 Å². The Morgan fingerprint density at radius 1 is 1.43 bits per heavy atom. The van der Waals surface area contributed by atoms with Crippen molar-refractivity contribution < 1.29 is 14.3 Å². The maximum Gasteiger partial charge on any atom is 0.346 e. The van der Waals surface area contributed by atoms with Gasteiger partial charge in [0, 0.05) is 22.2 Å². The highest BCUT2D eigenvalue weighted by molar-refractivity contribution is 7.21. The first-order valence-corrected chi connectivity index (χ1v) is 8.12. The van der Waals surface area contributed by atoms with E-state index >= 15 is 0 Å². The van der Waals surface area contributed by atoms with E-state index in [1.807, 2.05) is 0 Å². The summed E-state index contributed by atoms with van der Waals surface area (Å²) in [6, 6.07) is 4.77. The first-order valence-electron chi connectivity index (χ1n) is 7.30. The summed E-state index contributed by atoms with van der Waals surface area (Å²) in [6.45, 7) is 1.26. The van der Waals surface area contributed by atoms with Crippen LogP contribution in [0.4, 0.5) is 4.39 Å². The van der Waals surface area contributed by atoms with Crippen LogP contribution in [0.2, 0.25) is 0 Å². The molecule has 2 aromatic rings. The summed E-state index contributed by atoms with van der Waals surface area (Å²) >= 11 is 1.15. The molecule has 0 spiro atoms. The Labute approximate surface area is 126 Å². The van der Waals surface area contributed by atoms with Gasteiger partial charge in [0.25, 0.3) is 0 Å². The van der Waals surface area contributed by atoms with Crippen LogP contribution in [0.5, 0.6) is 0 Å². The SMILES string of the molecule is O=C(O)c1sc2cccc(F)c2c1CNCCCC1CC1. The fourth-order valence-electron chi connectivity index (χ4n) is 2.64. The Morgan fingerprint density at radius 2 is 2.24 bits per heavy atom. The highest BCUT2D eigenvalue weighted by atomic mass is 32.1. The third kappa shape index (κ3) is 3.24. The molecule has 3 rings (SSSR count). The number of thiophene rings is 1. The van der Waals surface area contributed by atoms with Crippen LogP contribution in [0.1, 0.15) is 40.9 Å². The average molecular weight is 307 g/mol. The summed E-state index contributed by atoms with van der Waals surface area (Å²) in [4.78, 5) is 11.6. The van der Waals surface area contributed by atoms with Gasteiger partial charge in [-0.15, -0.1) is 11.3 Å². The van der Waals surface area contributed by atoms with Crippen molar-refractivity contribution in [1.82, 2.24) is 5.32 Å². The van der Waals surface area contributed by atoms with Crippen LogP contribution in [-0.4, -0.2) is 17.6 Å². The van der Waals surface area contributed by atoms with Gasteiger partial charge in [0.1, 0.15) is 10.7 Å². The maximum absolute atomic E-state index is 14.0. The zero-order valence-electron chi connectivity index (χ0n) is 11.7. The number of benzene rings is 1. The van der Waals surface area contributed by atoms with E-state index in [0.717, 1.165) is 30.2 Å². The van der Waals surface area contributed by atoms with Gasteiger partial charge in [-0.1, -0.05) is 18.9 Å². The molecule has 21 heavy (non-hydrogen) atoms. The van der Waals surface area contributed by atoms with Crippen molar-refractivity contribution in [2.24, 2.45) is 5.92 Å². The minimum Gasteiger partial charge on any atom is -0.477 e. The predicted octanol–water partition coefficient (Wildman–Crippen LogP) is 4.02. The number of halogens is 1. The molecule has 0 amide bonds. The van der Waals surface area contributed by atoms with Gasteiger partial charge in [0.2, 0.25) is 0 Å². The number of hydrogen-bond donors (Lipinski definition) is 2. The molecule has 3 nitrogen and oxygen atoms in total. The molecule has 1 aromatic carbocycles. The Morgan fingerprint density at radius 3 is 2.95 bits per heavy atom. The number of fused-ring (bicyclic) bond motifs is 1. The van der Waals surface area contributed by atoms with Gasteiger partial charge in [-0.05, 0) is 37.4 Å². The molecule has 112 valence electrons. The summed E-state index contributed by atoms with van der Waals surface area (Å²) in [6.07, 6.45) is 5.03. The monoisotopic (exact) mass is 307 g/mol. The zero-order valence-corrected chi connectivity index (χ0v) is 12.5. The van der Waals surface area contributed by atoms with Crippen LogP contribution in [0, 0.1) is 11.7 Å². The normalized spacial score (nSPS) is 14.7. The van der Waals surface area contributed by atoms with Crippen molar-refractivity contribution in [1.29, 1.82) is 0 Å². The van der Waals surface area contributed by atoms with Gasteiger partial charge in [-0.25, -0.2) is 9.18 Å². The molecule has 0 saturated heterocycles. The Hall–Kier alpha value is -1.46. The van der Waals surface area contributed by atoms with Crippen molar-refractivity contribution in [2.45, 2.75) is 32.2 Å². The highest BCUT2D eigenvalue weighted by Crippen LogP contribution is 2.34. The van der Waals surface area contributed by atoms with E-state index in [0.29, 0.717) is 22.2 Å². The molecule has 1 aromatic heterocycles. The molecule has 1 aliphatic rings. The molecule has 2 N–H and O–H groups in total. The molecule has 5 heteroatoms. The molecule has 1 saturated carbocycles. The molecule has 0 bridgehead atoms. The number of carbonyl (C=O) groups is 1. The van der Waals surface area contributed by atoms with Crippen LogP contribution in [0.15, 0.2) is 18.2 Å². The second kappa shape index (κ2) is 6.12. The lowest BCUT2D eigenvalue weighted by Crippen LogP contribution is -2.16. The smallest absolute Gasteiger partial charge is 0.346 e. The molecular weight excluding hydrogens is 289 g/mol. The zero-order chi connectivity index (χ0) is 14.8. The van der Waals surface area contributed by atoms with Crippen molar-refractivity contribution in [2.75, 3.05) is 6.54 Å². The Balaban J connectivity index is 1.74. The topological polar surface area (TPSA) is 49.3 Å². The number of aromatic carboxylic acids is 1. The molecular formula is C16H18FNO2S. The number of nitrogens with one attached hydrogen (secondary N) is 1. The van der Waals surface area contributed by atoms with Crippen LogP contribution in [0.3, 0.4) is 0 Å². The highest BCUT2D eigenvalue weighted by Gasteiger charge is 2.21. The largest absolute Gasteiger partial charge is 0.477 e. The predicted molar refractivity (Wildman–Crippen MR) is 82.4 cm³/mol. The average Bonchev–Trinajstić information content (AvgIpc) is 3.18. The van der Waals surface area contributed by atoms with Gasteiger partial charge in [0.15, 0.2) is 0 Å². The second-order valence-corrected chi connectivity index (χ2v) is 6.64. The first kappa shape index (κ1) is 14.5. The van der Waals surface area contributed by atoms with Gasteiger partial charge in [0.05, 0.1) is 0 Å². The van der Waals surface area contributed by atoms with Gasteiger partial charge in [-0.2, -0.15) is 0 Å². The standard InChI is InChI=1S/C16H18FNO2S/c17-12-4-1-5-13-14(12)11(15(21-13)16(19)20)9-18-8-2-3-10-6-7-10/h1,4-5,10,18H,2-3,6-9H2,(H,19,20). The summed E-state index contributed by atoms with van der Waals surface area (Å²) in [5, 5.41) is 13.0. The second-order valence-electron chi connectivity index (χ2n) is 5.59. The third-order valence-electron chi connectivity index (χ3n) is 3.92. The van der Waals surface area contributed by atoms with Crippen LogP contribution < -0.4 is 5.32 Å². The van der Waals surface area contributed by atoms with Crippen molar-refractivity contribution in [3.05, 3.63) is 34.5 Å². The molecule has 0 radical (unpaired) electrons. The summed E-state index contributed by atoms with van der Waals surface area (Å²) in [5.41, 5.74) is 0.576. The molecule has 0 aliphatic heterocycles. The number of carboxylic acids is 1. The van der Waals surface area contributed by atoms with E-state index < -0.39 is 5.97 Å². The van der Waals surface area contributed by atoms with Crippen molar-refractivity contribution in [3.8, 4) is 0 Å². The summed E-state index contributed by atoms with van der Waals surface area (Å²) in [7, 11) is 0. The molecule has 0 unspecified atom stereocenters. The lowest BCUT2D eigenvalue weighted by molar-refractivity contribution is 0.0701. The first-order chi connectivity index (χ1) is 10.2. The molecule has 0 atom stereocenters. The third-order valence-corrected chi connectivity index (χ3v) is 5.11. The molecule has 1 fully saturated rings. The van der Waals surface area contributed by atoms with E-state index in [9.17, 15) is 14.3 Å². The van der Waals surface area contributed by atoms with E-state index in [1.54, 1.807) is 12.1 Å². The van der Waals surface area contributed by atoms with Gasteiger partial charge >= 0.3 is 5.97 Å². The summed E-state index contributed by atoms with van der Waals surface area (Å²) < 4.78 is 14.7. The van der Waals surface area contributed by atoms with Crippen LogP contribution in [-0.2, 0) is 6.54 Å². The van der Waals surface area contributed by atoms with Crippen LogP contribution >= 0.6 is 11.3 Å². The van der Waals surface area contributed by atoms with Crippen LogP contribution in [0.25, 0.3) is 10.1 Å². The van der Waals surface area contributed by atoms with E-state index in [1.165, 1.54) is 25.3 Å². The van der Waals surface area contributed by atoms with Crippen molar-refractivity contribution >= 4 is 27.4 Å². The Kier molecular flexibility index (Phi) is 4.22. The fourth-order valence-corrected chi connectivity index (χ4v) is 3.72. The van der Waals surface area contributed by atoms with E-state index in [4.69, 9.17) is 0 Å².